The zero-order valence-corrected chi connectivity index (χ0v) is 12.1. The highest BCUT2D eigenvalue weighted by Crippen LogP contribution is 2.32. The summed E-state index contributed by atoms with van der Waals surface area (Å²) in [6.45, 7) is 1.28. The van der Waals surface area contributed by atoms with Crippen LogP contribution in [0.1, 0.15) is 35.8 Å². The summed E-state index contributed by atoms with van der Waals surface area (Å²) >= 11 is 0. The maximum Gasteiger partial charge on any atom is 0.432 e. The van der Waals surface area contributed by atoms with Crippen molar-refractivity contribution < 1.29 is 13.2 Å². The maximum atomic E-state index is 12.7. The molecule has 2 aromatic heterocycles. The number of halogens is 3. The Morgan fingerprint density at radius 3 is 2.87 bits per heavy atom. The number of pyridine rings is 1. The molecule has 0 aliphatic carbocycles. The molecule has 0 aromatic carbocycles. The van der Waals surface area contributed by atoms with Crippen LogP contribution in [0.15, 0.2) is 24.5 Å². The summed E-state index contributed by atoms with van der Waals surface area (Å²) in [4.78, 5) is 12.5. The standard InChI is InChI=1S/C15H14F3N5/c16-15(17,18)12-8-21-14(22-12)11-2-1-5-23(9-11)13-6-10(7-19)3-4-20-13/h3-4,6,8,11H,1-2,5,9H2,(H,21,22)/t11-/m0/s1. The molecule has 1 aliphatic heterocycles. The van der Waals surface area contributed by atoms with Gasteiger partial charge in [-0.1, -0.05) is 0 Å². The van der Waals surface area contributed by atoms with E-state index in [4.69, 9.17) is 5.26 Å². The van der Waals surface area contributed by atoms with Crippen LogP contribution in [0.3, 0.4) is 0 Å². The van der Waals surface area contributed by atoms with Gasteiger partial charge >= 0.3 is 6.18 Å². The predicted molar refractivity (Wildman–Crippen MR) is 76.7 cm³/mol. The Hall–Kier alpha value is -2.56. The maximum absolute atomic E-state index is 12.7. The molecular formula is C15H14F3N5. The zero-order chi connectivity index (χ0) is 16.4. The highest BCUT2D eigenvalue weighted by atomic mass is 19.4. The monoisotopic (exact) mass is 321 g/mol. The van der Waals surface area contributed by atoms with Gasteiger partial charge in [0.2, 0.25) is 0 Å². The van der Waals surface area contributed by atoms with Gasteiger partial charge in [-0.05, 0) is 25.0 Å². The van der Waals surface area contributed by atoms with Gasteiger partial charge in [0.15, 0.2) is 0 Å². The Morgan fingerprint density at radius 1 is 1.35 bits per heavy atom. The fourth-order valence-electron chi connectivity index (χ4n) is 2.76. The van der Waals surface area contributed by atoms with E-state index in [0.717, 1.165) is 25.6 Å². The van der Waals surface area contributed by atoms with Crippen LogP contribution < -0.4 is 4.90 Å². The topological polar surface area (TPSA) is 68.6 Å². The number of nitriles is 1. The van der Waals surface area contributed by atoms with Crippen molar-refractivity contribution in [3.63, 3.8) is 0 Å². The third kappa shape index (κ3) is 3.28. The molecule has 1 saturated heterocycles. The molecule has 0 saturated carbocycles. The van der Waals surface area contributed by atoms with E-state index in [-0.39, 0.29) is 5.92 Å². The minimum atomic E-state index is -4.41. The summed E-state index contributed by atoms with van der Waals surface area (Å²) < 4.78 is 38.0. The van der Waals surface area contributed by atoms with E-state index in [0.29, 0.717) is 23.8 Å². The molecule has 1 N–H and O–H groups in total. The SMILES string of the molecule is N#Cc1ccnc(N2CCC[C@H](c3ncc(C(F)(F)F)[nH]3)C2)c1. The Bertz CT molecular complexity index is 731. The highest BCUT2D eigenvalue weighted by Gasteiger charge is 2.34. The van der Waals surface area contributed by atoms with Crippen molar-refractivity contribution in [3.8, 4) is 6.07 Å². The van der Waals surface area contributed by atoms with Crippen LogP contribution in [-0.2, 0) is 6.18 Å². The molecule has 23 heavy (non-hydrogen) atoms. The van der Waals surface area contributed by atoms with Crippen molar-refractivity contribution in [2.75, 3.05) is 18.0 Å². The average molecular weight is 321 g/mol. The summed E-state index contributed by atoms with van der Waals surface area (Å²) in [5, 5.41) is 8.95. The lowest BCUT2D eigenvalue weighted by Gasteiger charge is -2.32. The quantitative estimate of drug-likeness (QED) is 0.923. The molecule has 1 fully saturated rings. The van der Waals surface area contributed by atoms with Crippen molar-refractivity contribution in [1.29, 1.82) is 5.26 Å². The molecule has 1 atom stereocenters. The second-order valence-corrected chi connectivity index (χ2v) is 5.48. The summed E-state index contributed by atoms with van der Waals surface area (Å²) in [5.74, 6) is 0.891. The van der Waals surface area contributed by atoms with E-state index < -0.39 is 11.9 Å². The fourth-order valence-corrected chi connectivity index (χ4v) is 2.76. The molecule has 120 valence electrons. The van der Waals surface area contributed by atoms with Crippen LogP contribution in [0.2, 0.25) is 0 Å². The highest BCUT2D eigenvalue weighted by molar-refractivity contribution is 5.45. The third-order valence-electron chi connectivity index (χ3n) is 3.91. The number of anilines is 1. The number of aromatic nitrogens is 3. The molecule has 0 amide bonds. The van der Waals surface area contributed by atoms with Crippen molar-refractivity contribution in [2.45, 2.75) is 24.9 Å². The number of hydrogen-bond donors (Lipinski definition) is 1. The van der Waals surface area contributed by atoms with Crippen molar-refractivity contribution in [3.05, 3.63) is 41.6 Å². The molecule has 2 aromatic rings. The van der Waals surface area contributed by atoms with Crippen LogP contribution in [0, 0.1) is 11.3 Å². The number of H-pyrrole nitrogens is 1. The lowest BCUT2D eigenvalue weighted by atomic mass is 9.97. The van der Waals surface area contributed by atoms with Gasteiger partial charge in [0.25, 0.3) is 0 Å². The predicted octanol–water partition coefficient (Wildman–Crippen LogP) is 3.08. The molecule has 5 nitrogen and oxygen atoms in total. The van der Waals surface area contributed by atoms with Gasteiger partial charge in [0, 0.05) is 25.2 Å². The minimum absolute atomic E-state index is 0.118. The smallest absolute Gasteiger partial charge is 0.356 e. The van der Waals surface area contributed by atoms with Crippen molar-refractivity contribution in [1.82, 2.24) is 15.0 Å². The number of nitrogens with one attached hydrogen (secondary N) is 1. The lowest BCUT2D eigenvalue weighted by Crippen LogP contribution is -2.35. The molecule has 0 unspecified atom stereocenters. The van der Waals surface area contributed by atoms with E-state index in [2.05, 4.69) is 21.0 Å². The van der Waals surface area contributed by atoms with E-state index in [1.807, 2.05) is 4.90 Å². The van der Waals surface area contributed by atoms with E-state index in [1.54, 1.807) is 18.3 Å². The van der Waals surface area contributed by atoms with Crippen LogP contribution in [0.25, 0.3) is 0 Å². The largest absolute Gasteiger partial charge is 0.432 e. The van der Waals surface area contributed by atoms with Gasteiger partial charge in [0.1, 0.15) is 17.3 Å². The number of alkyl halides is 3. The van der Waals surface area contributed by atoms with E-state index in [9.17, 15) is 13.2 Å². The third-order valence-corrected chi connectivity index (χ3v) is 3.91. The van der Waals surface area contributed by atoms with Crippen LogP contribution in [0.5, 0.6) is 0 Å². The first kappa shape index (κ1) is 15.3. The lowest BCUT2D eigenvalue weighted by molar-refractivity contribution is -0.141. The first-order valence-corrected chi connectivity index (χ1v) is 7.20. The number of aromatic amines is 1. The van der Waals surface area contributed by atoms with E-state index in [1.165, 1.54) is 0 Å². The van der Waals surface area contributed by atoms with Crippen LogP contribution in [-0.4, -0.2) is 28.0 Å². The van der Waals surface area contributed by atoms with Gasteiger partial charge in [-0.2, -0.15) is 18.4 Å². The Balaban J connectivity index is 1.78. The number of rotatable bonds is 2. The van der Waals surface area contributed by atoms with Crippen LogP contribution in [0.4, 0.5) is 19.0 Å². The first-order chi connectivity index (χ1) is 11.0. The Morgan fingerprint density at radius 2 is 2.17 bits per heavy atom. The Kier molecular flexibility index (Phi) is 3.94. The number of hydrogen-bond acceptors (Lipinski definition) is 4. The Labute approximate surface area is 130 Å². The van der Waals surface area contributed by atoms with E-state index >= 15 is 0 Å². The van der Waals surface area contributed by atoms with Gasteiger partial charge in [-0.15, -0.1) is 0 Å². The molecule has 1 aliphatic rings. The van der Waals surface area contributed by atoms with Crippen molar-refractivity contribution in [2.24, 2.45) is 0 Å². The summed E-state index contributed by atoms with van der Waals surface area (Å²) in [5.41, 5.74) is -0.316. The fraction of sp³-hybridized carbons (Fsp3) is 0.400. The number of nitrogens with zero attached hydrogens (tertiary/aromatic N) is 4. The normalized spacial score (nSPS) is 18.7. The van der Waals surface area contributed by atoms with Gasteiger partial charge in [-0.25, -0.2) is 9.97 Å². The van der Waals surface area contributed by atoms with Crippen LogP contribution >= 0.6 is 0 Å². The number of piperidine rings is 1. The molecule has 0 spiro atoms. The zero-order valence-electron chi connectivity index (χ0n) is 12.1. The van der Waals surface area contributed by atoms with Gasteiger partial charge in [-0.3, -0.25) is 0 Å². The molecule has 0 radical (unpaired) electrons. The molecule has 3 rings (SSSR count). The summed E-state index contributed by atoms with van der Waals surface area (Å²) in [6.07, 6.45) is -0.429. The first-order valence-electron chi connectivity index (χ1n) is 7.20. The number of imidazole rings is 1. The summed E-state index contributed by atoms with van der Waals surface area (Å²) in [6, 6.07) is 5.36. The second-order valence-electron chi connectivity index (χ2n) is 5.48. The van der Waals surface area contributed by atoms with Crippen molar-refractivity contribution >= 4 is 5.82 Å². The van der Waals surface area contributed by atoms with Gasteiger partial charge in [0.05, 0.1) is 17.8 Å². The molecule has 3 heterocycles. The molecule has 0 bridgehead atoms. The van der Waals surface area contributed by atoms with Gasteiger partial charge < -0.3 is 9.88 Å². The summed E-state index contributed by atoms with van der Waals surface area (Å²) in [7, 11) is 0. The minimum Gasteiger partial charge on any atom is -0.356 e. The molecular weight excluding hydrogens is 307 g/mol. The molecule has 8 heteroatoms. The average Bonchev–Trinajstić information content (AvgIpc) is 3.05. The second kappa shape index (κ2) is 5.91.